The number of imidazole rings is 1. The predicted molar refractivity (Wildman–Crippen MR) is 150 cm³/mol. The molecule has 5 heterocycles. The average molecular weight is 530 g/mol. The summed E-state index contributed by atoms with van der Waals surface area (Å²) < 4.78 is 10.2. The summed E-state index contributed by atoms with van der Waals surface area (Å²) in [6.07, 6.45) is 5.62. The van der Waals surface area contributed by atoms with Crippen LogP contribution in [0.2, 0.25) is 5.15 Å². The van der Waals surface area contributed by atoms with Gasteiger partial charge in [-0.3, -0.25) is 4.98 Å². The second-order valence-electron chi connectivity index (χ2n) is 10.8. The summed E-state index contributed by atoms with van der Waals surface area (Å²) in [5.74, 6) is 0.351. The normalized spacial score (nSPS) is 15.9. The maximum absolute atomic E-state index is 11.2. The summed E-state index contributed by atoms with van der Waals surface area (Å²) >= 11 is 6.63. The largest absolute Gasteiger partial charge is 0.384 e. The standard InChI is InChI=1S/C30H32ClN5O2/c1-18-27(35(4)17-33-18)21-14-23-26(32-16-21)25-22(15-24(31)34-29(25)30(2,3)37)36(23)28(19-8-6-5-7-9-19)20-10-12-38-13-11-20/h5-9,14-17,20,28,37H,10-13H2,1-4H3/t28-/m1/s1. The Kier molecular flexibility index (Phi) is 6.25. The lowest BCUT2D eigenvalue weighted by Crippen LogP contribution is -2.27. The number of halogens is 1. The molecule has 1 aliphatic heterocycles. The van der Waals surface area contributed by atoms with E-state index >= 15 is 0 Å². The van der Waals surface area contributed by atoms with Gasteiger partial charge in [-0.25, -0.2) is 9.97 Å². The highest BCUT2D eigenvalue weighted by atomic mass is 35.5. The number of hydrogen-bond acceptors (Lipinski definition) is 5. The van der Waals surface area contributed by atoms with Gasteiger partial charge in [-0.1, -0.05) is 41.9 Å². The van der Waals surface area contributed by atoms with E-state index in [4.69, 9.17) is 21.3 Å². The van der Waals surface area contributed by atoms with Crippen molar-refractivity contribution in [3.05, 3.63) is 77.1 Å². The number of aliphatic hydroxyl groups is 1. The van der Waals surface area contributed by atoms with Gasteiger partial charge < -0.3 is 19.0 Å². The smallest absolute Gasteiger partial charge is 0.131 e. The molecular formula is C30H32ClN5O2. The van der Waals surface area contributed by atoms with Crippen LogP contribution in [0.4, 0.5) is 0 Å². The van der Waals surface area contributed by atoms with Crippen LogP contribution in [-0.4, -0.2) is 42.4 Å². The Bertz CT molecular complexity index is 1610. The number of fused-ring (bicyclic) bond motifs is 3. The molecule has 1 aromatic carbocycles. The summed E-state index contributed by atoms with van der Waals surface area (Å²) in [5, 5.41) is 12.4. The molecule has 8 heteroatoms. The Morgan fingerprint density at radius 1 is 1.08 bits per heavy atom. The number of ether oxygens (including phenoxy) is 1. The minimum Gasteiger partial charge on any atom is -0.384 e. The first kappa shape index (κ1) is 25.0. The Balaban J connectivity index is 1.74. The van der Waals surface area contributed by atoms with Gasteiger partial charge in [0.1, 0.15) is 10.8 Å². The maximum atomic E-state index is 11.2. The SMILES string of the molecule is Cc1ncn(C)c1-c1cnc2c3c(C(C)(C)O)nc(Cl)cc3n([C@H](c3ccccc3)C3CCOCC3)c2c1. The van der Waals surface area contributed by atoms with Crippen molar-refractivity contribution in [2.24, 2.45) is 13.0 Å². The third-order valence-corrected chi connectivity index (χ3v) is 7.89. The first-order valence-electron chi connectivity index (χ1n) is 13.1. The fraction of sp³-hybridized carbons (Fsp3) is 0.367. The van der Waals surface area contributed by atoms with Crippen LogP contribution in [0.3, 0.4) is 0 Å². The summed E-state index contributed by atoms with van der Waals surface area (Å²) in [7, 11) is 2.00. The Morgan fingerprint density at radius 2 is 1.82 bits per heavy atom. The van der Waals surface area contributed by atoms with Crippen LogP contribution in [0, 0.1) is 12.8 Å². The molecule has 0 amide bonds. The third-order valence-electron chi connectivity index (χ3n) is 7.70. The molecule has 38 heavy (non-hydrogen) atoms. The van der Waals surface area contributed by atoms with Gasteiger partial charge in [0.2, 0.25) is 0 Å². The van der Waals surface area contributed by atoms with Gasteiger partial charge in [0, 0.05) is 32.0 Å². The number of aromatic nitrogens is 5. The fourth-order valence-corrected chi connectivity index (χ4v) is 6.22. The summed E-state index contributed by atoms with van der Waals surface area (Å²) in [6.45, 7) is 6.98. The van der Waals surface area contributed by atoms with Crippen LogP contribution in [0.1, 0.15) is 49.7 Å². The molecule has 0 spiro atoms. The molecule has 1 N–H and O–H groups in total. The monoisotopic (exact) mass is 529 g/mol. The van der Waals surface area contributed by atoms with E-state index in [1.165, 1.54) is 5.56 Å². The Morgan fingerprint density at radius 3 is 2.47 bits per heavy atom. The lowest BCUT2D eigenvalue weighted by atomic mass is 9.86. The number of nitrogens with zero attached hydrogens (tertiary/aromatic N) is 5. The van der Waals surface area contributed by atoms with Crippen LogP contribution in [-0.2, 0) is 17.4 Å². The van der Waals surface area contributed by atoms with E-state index in [1.54, 1.807) is 13.8 Å². The van der Waals surface area contributed by atoms with E-state index in [-0.39, 0.29) is 6.04 Å². The summed E-state index contributed by atoms with van der Waals surface area (Å²) in [4.78, 5) is 14.1. The number of pyridine rings is 2. The molecule has 1 atom stereocenters. The quantitative estimate of drug-likeness (QED) is 0.275. The lowest BCUT2D eigenvalue weighted by Gasteiger charge is -2.33. The van der Waals surface area contributed by atoms with Crippen molar-refractivity contribution in [1.82, 2.24) is 24.1 Å². The van der Waals surface area contributed by atoms with E-state index < -0.39 is 5.60 Å². The van der Waals surface area contributed by atoms with Crippen LogP contribution in [0.15, 0.2) is 55.0 Å². The third kappa shape index (κ3) is 4.19. The van der Waals surface area contributed by atoms with Crippen LogP contribution < -0.4 is 0 Å². The van der Waals surface area contributed by atoms with Crippen molar-refractivity contribution in [2.45, 2.75) is 45.3 Å². The molecule has 6 rings (SSSR count). The van der Waals surface area contributed by atoms with Gasteiger partial charge in [-0.15, -0.1) is 0 Å². The van der Waals surface area contributed by atoms with E-state index in [0.717, 1.165) is 64.9 Å². The molecular weight excluding hydrogens is 498 g/mol. The van der Waals surface area contributed by atoms with Gasteiger partial charge in [-0.2, -0.15) is 0 Å². The van der Waals surface area contributed by atoms with Gasteiger partial charge in [0.15, 0.2) is 0 Å². The molecule has 1 aliphatic rings. The topological polar surface area (TPSA) is 78.0 Å². The number of aryl methyl sites for hydroxylation is 2. The molecule has 0 radical (unpaired) electrons. The van der Waals surface area contributed by atoms with Crippen molar-refractivity contribution in [3.8, 4) is 11.3 Å². The fourth-order valence-electron chi connectivity index (χ4n) is 6.03. The first-order valence-corrected chi connectivity index (χ1v) is 13.5. The highest BCUT2D eigenvalue weighted by Gasteiger charge is 2.33. The van der Waals surface area contributed by atoms with E-state index in [2.05, 4.69) is 50.9 Å². The van der Waals surface area contributed by atoms with E-state index in [0.29, 0.717) is 16.8 Å². The lowest BCUT2D eigenvalue weighted by molar-refractivity contribution is 0.0552. The number of benzene rings is 1. The van der Waals surface area contributed by atoms with Crippen LogP contribution >= 0.6 is 11.6 Å². The zero-order valence-electron chi connectivity index (χ0n) is 22.1. The molecule has 0 aliphatic carbocycles. The van der Waals surface area contributed by atoms with E-state index in [9.17, 15) is 5.11 Å². The number of hydrogen-bond donors (Lipinski definition) is 1. The van der Waals surface area contributed by atoms with Crippen LogP contribution in [0.5, 0.6) is 0 Å². The van der Waals surface area contributed by atoms with Crippen molar-refractivity contribution < 1.29 is 9.84 Å². The molecule has 196 valence electrons. The molecule has 0 bridgehead atoms. The Hall–Kier alpha value is -3.26. The second kappa shape index (κ2) is 9.49. The van der Waals surface area contributed by atoms with Crippen molar-refractivity contribution in [2.75, 3.05) is 13.2 Å². The summed E-state index contributed by atoms with van der Waals surface area (Å²) in [6, 6.07) is 14.8. The first-order chi connectivity index (χ1) is 18.2. The van der Waals surface area contributed by atoms with Gasteiger partial charge in [-0.05, 0) is 57.2 Å². The van der Waals surface area contributed by atoms with Crippen LogP contribution in [0.25, 0.3) is 33.2 Å². The highest BCUT2D eigenvalue weighted by Crippen LogP contribution is 2.43. The minimum atomic E-state index is -1.21. The maximum Gasteiger partial charge on any atom is 0.131 e. The predicted octanol–water partition coefficient (Wildman–Crippen LogP) is 6.19. The Labute approximate surface area is 227 Å². The van der Waals surface area contributed by atoms with Gasteiger partial charge >= 0.3 is 0 Å². The number of rotatable bonds is 5. The molecule has 1 saturated heterocycles. The average Bonchev–Trinajstić information content (AvgIpc) is 3.40. The van der Waals surface area contributed by atoms with Gasteiger partial charge in [0.25, 0.3) is 0 Å². The van der Waals surface area contributed by atoms with Gasteiger partial charge in [0.05, 0.1) is 51.4 Å². The summed E-state index contributed by atoms with van der Waals surface area (Å²) in [5.41, 5.74) is 6.20. The molecule has 7 nitrogen and oxygen atoms in total. The minimum absolute atomic E-state index is 0.0258. The van der Waals surface area contributed by atoms with E-state index in [1.807, 2.05) is 37.1 Å². The zero-order valence-corrected chi connectivity index (χ0v) is 22.9. The highest BCUT2D eigenvalue weighted by molar-refractivity contribution is 6.30. The zero-order chi connectivity index (χ0) is 26.6. The second-order valence-corrected chi connectivity index (χ2v) is 11.2. The molecule has 5 aromatic rings. The molecule has 0 saturated carbocycles. The molecule has 4 aromatic heterocycles. The van der Waals surface area contributed by atoms with Crippen molar-refractivity contribution >= 4 is 33.5 Å². The molecule has 0 unspecified atom stereocenters. The van der Waals surface area contributed by atoms with Crippen molar-refractivity contribution in [3.63, 3.8) is 0 Å². The van der Waals surface area contributed by atoms with Crippen molar-refractivity contribution in [1.29, 1.82) is 0 Å². The molecule has 1 fully saturated rings.